The van der Waals surface area contributed by atoms with Crippen LogP contribution in [0.3, 0.4) is 0 Å². The van der Waals surface area contributed by atoms with E-state index in [2.05, 4.69) is 5.32 Å². The van der Waals surface area contributed by atoms with Crippen LogP contribution in [0.2, 0.25) is 0 Å². The average Bonchev–Trinajstić information content (AvgIpc) is 3.26. The summed E-state index contributed by atoms with van der Waals surface area (Å²) < 4.78 is 21.2. The van der Waals surface area contributed by atoms with Crippen molar-refractivity contribution in [3.8, 4) is 17.2 Å². The number of rotatable bonds is 5. The van der Waals surface area contributed by atoms with Gasteiger partial charge >= 0.3 is 0 Å². The zero-order valence-corrected chi connectivity index (χ0v) is 16.6. The maximum Gasteiger partial charge on any atom is 0.270 e. The number of fused-ring (bicyclic) bond motifs is 1. The van der Waals surface area contributed by atoms with Gasteiger partial charge in [0.15, 0.2) is 11.5 Å². The molecule has 2 aliphatic heterocycles. The van der Waals surface area contributed by atoms with Crippen molar-refractivity contribution in [1.29, 1.82) is 0 Å². The van der Waals surface area contributed by atoms with Crippen molar-refractivity contribution < 1.29 is 28.5 Å². The lowest BCUT2D eigenvalue weighted by atomic mass is 10.1. The van der Waals surface area contributed by atoms with Gasteiger partial charge in [-0.1, -0.05) is 6.07 Å². The van der Waals surface area contributed by atoms with Gasteiger partial charge in [-0.3, -0.25) is 9.59 Å². The van der Waals surface area contributed by atoms with Gasteiger partial charge in [-0.15, -0.1) is 0 Å². The summed E-state index contributed by atoms with van der Waals surface area (Å²) >= 11 is 0. The summed E-state index contributed by atoms with van der Waals surface area (Å²) in [5.74, 6) is 1.25. The van der Waals surface area contributed by atoms with E-state index >= 15 is 0 Å². The van der Waals surface area contributed by atoms with Gasteiger partial charge in [-0.25, -0.2) is 0 Å². The Hall–Kier alpha value is -3.52. The first-order valence-corrected chi connectivity index (χ1v) is 9.58. The summed E-state index contributed by atoms with van der Waals surface area (Å²) in [5.41, 5.74) is 1.31. The van der Waals surface area contributed by atoms with E-state index in [0.717, 1.165) is 0 Å². The molecule has 4 rings (SSSR count). The molecule has 2 aromatic rings. The number of carbonyl (C=O) groups is 2. The molecule has 2 aromatic carbocycles. The molecule has 1 N–H and O–H groups in total. The number of carbonyl (C=O) groups excluding carboxylic acids is 2. The second-order valence-corrected chi connectivity index (χ2v) is 6.76. The van der Waals surface area contributed by atoms with Gasteiger partial charge < -0.3 is 29.2 Å². The zero-order valence-electron chi connectivity index (χ0n) is 16.6. The van der Waals surface area contributed by atoms with Crippen LogP contribution in [-0.2, 0) is 9.53 Å². The van der Waals surface area contributed by atoms with Crippen LogP contribution in [0.1, 0.15) is 15.9 Å². The molecule has 8 heteroatoms. The van der Waals surface area contributed by atoms with Crippen molar-refractivity contribution in [2.75, 3.05) is 40.2 Å². The van der Waals surface area contributed by atoms with Gasteiger partial charge in [0.05, 0.1) is 20.3 Å². The van der Waals surface area contributed by atoms with E-state index in [1.54, 1.807) is 60.6 Å². The Bertz CT molecular complexity index is 964. The molecule has 0 saturated carbocycles. The number of nitrogens with one attached hydrogen (secondary N) is 1. The number of ether oxygens (including phenoxy) is 4. The molecule has 0 atom stereocenters. The van der Waals surface area contributed by atoms with Crippen molar-refractivity contribution in [3.05, 3.63) is 59.3 Å². The van der Waals surface area contributed by atoms with Crippen LogP contribution in [0.25, 0.3) is 6.08 Å². The first kappa shape index (κ1) is 19.8. The van der Waals surface area contributed by atoms with Gasteiger partial charge in [0.1, 0.15) is 11.4 Å². The second-order valence-electron chi connectivity index (χ2n) is 6.76. The largest absolute Gasteiger partial charge is 0.497 e. The van der Waals surface area contributed by atoms with E-state index in [4.69, 9.17) is 18.9 Å². The number of amides is 2. The monoisotopic (exact) mass is 410 g/mol. The molecule has 0 spiro atoms. The highest BCUT2D eigenvalue weighted by atomic mass is 16.7. The molecule has 0 radical (unpaired) electrons. The number of nitrogens with zero attached hydrogens (tertiary/aromatic N) is 1. The summed E-state index contributed by atoms with van der Waals surface area (Å²) in [5, 5.41) is 2.76. The third-order valence-electron chi connectivity index (χ3n) is 4.84. The fraction of sp³-hybridized carbons (Fsp3) is 0.273. The minimum absolute atomic E-state index is 0.163. The van der Waals surface area contributed by atoms with Gasteiger partial charge in [0, 0.05) is 18.7 Å². The number of morpholine rings is 1. The minimum atomic E-state index is -0.383. The van der Waals surface area contributed by atoms with Gasteiger partial charge in [0.2, 0.25) is 6.79 Å². The average molecular weight is 410 g/mol. The molecule has 1 fully saturated rings. The maximum absolute atomic E-state index is 13.1. The Morgan fingerprint density at radius 1 is 1.03 bits per heavy atom. The predicted octanol–water partition coefficient (Wildman–Crippen LogP) is 2.05. The fourth-order valence-corrected chi connectivity index (χ4v) is 3.19. The van der Waals surface area contributed by atoms with Crippen LogP contribution in [0.5, 0.6) is 17.2 Å². The maximum atomic E-state index is 13.1. The molecule has 0 bridgehead atoms. The van der Waals surface area contributed by atoms with Crippen LogP contribution in [0, 0.1) is 0 Å². The summed E-state index contributed by atoms with van der Waals surface area (Å²) in [6.45, 7) is 2.03. The molecule has 0 aliphatic carbocycles. The summed E-state index contributed by atoms with van der Waals surface area (Å²) in [7, 11) is 1.56. The Labute approximate surface area is 174 Å². The van der Waals surface area contributed by atoms with E-state index in [-0.39, 0.29) is 24.3 Å². The molecule has 1 saturated heterocycles. The first-order valence-electron chi connectivity index (χ1n) is 9.58. The smallest absolute Gasteiger partial charge is 0.270 e. The SMILES string of the molecule is COc1ccc(C(=O)N/C(=C/c2ccc3c(c2)OCO3)C(=O)N2CCOCC2)cc1. The second kappa shape index (κ2) is 8.87. The Morgan fingerprint density at radius 3 is 2.50 bits per heavy atom. The predicted molar refractivity (Wildman–Crippen MR) is 108 cm³/mol. The fourth-order valence-electron chi connectivity index (χ4n) is 3.19. The van der Waals surface area contributed by atoms with Crippen molar-refractivity contribution >= 4 is 17.9 Å². The van der Waals surface area contributed by atoms with Crippen LogP contribution in [-0.4, -0.2) is 56.9 Å². The number of methoxy groups -OCH3 is 1. The van der Waals surface area contributed by atoms with Gasteiger partial charge in [-0.2, -0.15) is 0 Å². The van der Waals surface area contributed by atoms with Crippen LogP contribution in [0.4, 0.5) is 0 Å². The van der Waals surface area contributed by atoms with E-state index in [1.807, 2.05) is 0 Å². The number of hydrogen-bond donors (Lipinski definition) is 1. The van der Waals surface area contributed by atoms with E-state index in [1.165, 1.54) is 0 Å². The standard InChI is InChI=1S/C22H22N2O6/c1-27-17-5-3-16(4-6-17)21(25)23-18(22(26)24-8-10-28-11-9-24)12-15-2-7-19-20(13-15)30-14-29-19/h2-7,12-13H,8-11,14H2,1H3,(H,23,25)/b18-12+. The van der Waals surface area contributed by atoms with Crippen molar-refractivity contribution in [2.24, 2.45) is 0 Å². The van der Waals surface area contributed by atoms with E-state index < -0.39 is 0 Å². The van der Waals surface area contributed by atoms with E-state index in [9.17, 15) is 9.59 Å². The minimum Gasteiger partial charge on any atom is -0.497 e. The quantitative estimate of drug-likeness (QED) is 0.760. The first-order chi connectivity index (χ1) is 14.6. The highest BCUT2D eigenvalue weighted by Crippen LogP contribution is 2.33. The number of hydrogen-bond acceptors (Lipinski definition) is 6. The normalized spacial score (nSPS) is 15.6. The van der Waals surface area contributed by atoms with E-state index in [0.29, 0.717) is 54.7 Å². The number of benzene rings is 2. The molecule has 2 aliphatic rings. The Kier molecular flexibility index (Phi) is 5.85. The molecule has 30 heavy (non-hydrogen) atoms. The van der Waals surface area contributed by atoms with Crippen LogP contribution < -0.4 is 19.5 Å². The lowest BCUT2D eigenvalue weighted by molar-refractivity contribution is -0.131. The topological polar surface area (TPSA) is 86.3 Å². The highest BCUT2D eigenvalue weighted by molar-refractivity contribution is 6.05. The molecule has 2 heterocycles. The third kappa shape index (κ3) is 4.38. The third-order valence-corrected chi connectivity index (χ3v) is 4.84. The summed E-state index contributed by atoms with van der Waals surface area (Å²) in [4.78, 5) is 27.6. The Balaban J connectivity index is 1.60. The van der Waals surface area contributed by atoms with Gasteiger partial charge in [-0.05, 0) is 48.0 Å². The molecule has 2 amide bonds. The summed E-state index contributed by atoms with van der Waals surface area (Å²) in [6.07, 6.45) is 1.64. The lowest BCUT2D eigenvalue weighted by Gasteiger charge is -2.27. The Morgan fingerprint density at radius 2 is 1.77 bits per heavy atom. The molecule has 0 aromatic heterocycles. The summed E-state index contributed by atoms with van der Waals surface area (Å²) in [6, 6.07) is 12.0. The molecular weight excluding hydrogens is 388 g/mol. The van der Waals surface area contributed by atoms with Crippen LogP contribution in [0.15, 0.2) is 48.2 Å². The molecule has 156 valence electrons. The zero-order chi connectivity index (χ0) is 20.9. The molecule has 8 nitrogen and oxygen atoms in total. The van der Waals surface area contributed by atoms with Crippen LogP contribution >= 0.6 is 0 Å². The molecular formula is C22H22N2O6. The van der Waals surface area contributed by atoms with Gasteiger partial charge in [0.25, 0.3) is 11.8 Å². The van der Waals surface area contributed by atoms with Crippen molar-refractivity contribution in [2.45, 2.75) is 0 Å². The highest BCUT2D eigenvalue weighted by Gasteiger charge is 2.23. The lowest BCUT2D eigenvalue weighted by Crippen LogP contribution is -2.44. The van der Waals surface area contributed by atoms with Crippen molar-refractivity contribution in [3.63, 3.8) is 0 Å². The molecule has 0 unspecified atom stereocenters. The van der Waals surface area contributed by atoms with Crippen molar-refractivity contribution in [1.82, 2.24) is 10.2 Å².